The van der Waals surface area contributed by atoms with Gasteiger partial charge in [-0.2, -0.15) is 4.31 Å². The molecule has 8 heteroatoms. The first-order valence-corrected chi connectivity index (χ1v) is 12.4. The SMILES string of the molecule is COc1ccc(S(=O)(=O)N2CCCC(C(=O)N(Cc3ccco3)c3ccc(C)cc3)C2)cc1. The molecule has 0 aliphatic carbocycles. The third-order valence-electron chi connectivity index (χ3n) is 5.94. The number of methoxy groups -OCH3 is 1. The molecule has 1 amide bonds. The van der Waals surface area contributed by atoms with E-state index in [4.69, 9.17) is 9.15 Å². The molecule has 7 nitrogen and oxygen atoms in total. The van der Waals surface area contributed by atoms with Crippen LogP contribution in [0.25, 0.3) is 0 Å². The summed E-state index contributed by atoms with van der Waals surface area (Å²) >= 11 is 0. The van der Waals surface area contributed by atoms with E-state index < -0.39 is 15.9 Å². The summed E-state index contributed by atoms with van der Waals surface area (Å²) in [7, 11) is -2.18. The van der Waals surface area contributed by atoms with Gasteiger partial charge in [0.15, 0.2) is 0 Å². The van der Waals surface area contributed by atoms with Gasteiger partial charge in [0.2, 0.25) is 15.9 Å². The van der Waals surface area contributed by atoms with Gasteiger partial charge in [0.25, 0.3) is 0 Å². The fourth-order valence-electron chi connectivity index (χ4n) is 4.06. The number of nitrogens with zero attached hydrogens (tertiary/aromatic N) is 2. The number of hydrogen-bond donors (Lipinski definition) is 0. The number of rotatable bonds is 7. The molecule has 0 N–H and O–H groups in total. The highest BCUT2D eigenvalue weighted by Gasteiger charge is 2.35. The van der Waals surface area contributed by atoms with Gasteiger partial charge in [0, 0.05) is 18.8 Å². The van der Waals surface area contributed by atoms with Crippen molar-refractivity contribution < 1.29 is 22.4 Å². The van der Waals surface area contributed by atoms with E-state index in [9.17, 15) is 13.2 Å². The standard InChI is InChI=1S/C25H28N2O5S/c1-19-7-9-21(10-8-19)27(18-23-6-4-16-32-23)25(28)20-5-3-15-26(17-20)33(29,30)24-13-11-22(31-2)12-14-24/h4,6-14,16,20H,3,5,15,17-18H2,1-2H3. The Morgan fingerprint density at radius 1 is 1.12 bits per heavy atom. The molecule has 1 aliphatic heterocycles. The van der Waals surface area contributed by atoms with E-state index in [-0.39, 0.29) is 23.9 Å². The van der Waals surface area contributed by atoms with Crippen molar-refractivity contribution in [3.05, 3.63) is 78.3 Å². The van der Waals surface area contributed by atoms with Crippen molar-refractivity contribution in [2.75, 3.05) is 25.1 Å². The van der Waals surface area contributed by atoms with Gasteiger partial charge in [0.05, 0.1) is 30.7 Å². The second-order valence-electron chi connectivity index (χ2n) is 8.22. The fraction of sp³-hybridized carbons (Fsp3) is 0.320. The van der Waals surface area contributed by atoms with Crippen LogP contribution in [0, 0.1) is 12.8 Å². The van der Waals surface area contributed by atoms with Crippen LogP contribution in [0.3, 0.4) is 0 Å². The predicted molar refractivity (Wildman–Crippen MR) is 126 cm³/mol. The van der Waals surface area contributed by atoms with Crippen LogP contribution in [0.5, 0.6) is 5.75 Å². The monoisotopic (exact) mass is 468 g/mol. The summed E-state index contributed by atoms with van der Waals surface area (Å²) in [5, 5.41) is 0. The van der Waals surface area contributed by atoms with Crippen molar-refractivity contribution in [2.45, 2.75) is 31.2 Å². The number of aryl methyl sites for hydroxylation is 1. The number of anilines is 1. The van der Waals surface area contributed by atoms with E-state index in [1.807, 2.05) is 37.3 Å². The van der Waals surface area contributed by atoms with Gasteiger partial charge in [-0.3, -0.25) is 4.79 Å². The lowest BCUT2D eigenvalue weighted by Gasteiger charge is -2.34. The number of ether oxygens (including phenoxy) is 1. The molecule has 1 unspecified atom stereocenters. The van der Waals surface area contributed by atoms with Gasteiger partial charge in [-0.1, -0.05) is 17.7 Å². The third-order valence-corrected chi connectivity index (χ3v) is 7.82. The van der Waals surface area contributed by atoms with Crippen LogP contribution in [0.15, 0.2) is 76.2 Å². The highest BCUT2D eigenvalue weighted by molar-refractivity contribution is 7.89. The molecular weight excluding hydrogens is 440 g/mol. The number of amides is 1. The number of carbonyl (C=O) groups is 1. The molecule has 0 spiro atoms. The van der Waals surface area contributed by atoms with Crippen LogP contribution in [-0.4, -0.2) is 38.8 Å². The average Bonchev–Trinajstić information content (AvgIpc) is 3.36. The maximum atomic E-state index is 13.6. The van der Waals surface area contributed by atoms with Gasteiger partial charge in [-0.25, -0.2) is 8.42 Å². The molecule has 0 bridgehead atoms. The largest absolute Gasteiger partial charge is 0.497 e. The minimum Gasteiger partial charge on any atom is -0.497 e. The van der Waals surface area contributed by atoms with E-state index in [1.165, 1.54) is 23.5 Å². The van der Waals surface area contributed by atoms with Gasteiger partial charge in [-0.15, -0.1) is 0 Å². The first-order chi connectivity index (χ1) is 15.9. The number of piperidine rings is 1. The summed E-state index contributed by atoms with van der Waals surface area (Å²) in [5.41, 5.74) is 1.86. The minimum atomic E-state index is -3.71. The number of hydrogen-bond acceptors (Lipinski definition) is 5. The Hall–Kier alpha value is -3.10. The molecule has 3 aromatic rings. The molecular formula is C25H28N2O5S. The second-order valence-corrected chi connectivity index (χ2v) is 10.2. The normalized spacial score (nSPS) is 17.0. The lowest BCUT2D eigenvalue weighted by molar-refractivity contribution is -0.123. The third kappa shape index (κ3) is 5.12. The smallest absolute Gasteiger partial charge is 0.243 e. The quantitative estimate of drug-likeness (QED) is 0.518. The molecule has 1 aliphatic rings. The first kappa shape index (κ1) is 23.1. The maximum absolute atomic E-state index is 13.6. The highest BCUT2D eigenvalue weighted by atomic mass is 32.2. The summed E-state index contributed by atoms with van der Waals surface area (Å²) in [6, 6.07) is 17.7. The van der Waals surface area contributed by atoms with Crippen LogP contribution in [-0.2, 0) is 21.4 Å². The molecule has 1 saturated heterocycles. The summed E-state index contributed by atoms with van der Waals surface area (Å²) < 4.78 is 38.5. The molecule has 1 atom stereocenters. The van der Waals surface area contributed by atoms with Crippen LogP contribution in [0.1, 0.15) is 24.2 Å². The molecule has 2 aromatic carbocycles. The van der Waals surface area contributed by atoms with E-state index in [0.29, 0.717) is 30.9 Å². The van der Waals surface area contributed by atoms with E-state index in [2.05, 4.69) is 0 Å². The Labute approximate surface area is 194 Å². The molecule has 1 fully saturated rings. The Morgan fingerprint density at radius 3 is 2.48 bits per heavy atom. The Balaban J connectivity index is 1.56. The van der Waals surface area contributed by atoms with Crippen LogP contribution >= 0.6 is 0 Å². The molecule has 1 aromatic heterocycles. The lowest BCUT2D eigenvalue weighted by Crippen LogP contribution is -2.46. The van der Waals surface area contributed by atoms with Gasteiger partial charge in [-0.05, 0) is 68.3 Å². The zero-order chi connectivity index (χ0) is 23.4. The Morgan fingerprint density at radius 2 is 1.85 bits per heavy atom. The molecule has 2 heterocycles. The van der Waals surface area contributed by atoms with Crippen molar-refractivity contribution in [3.63, 3.8) is 0 Å². The molecule has 33 heavy (non-hydrogen) atoms. The molecule has 174 valence electrons. The van der Waals surface area contributed by atoms with Crippen molar-refractivity contribution in [1.29, 1.82) is 0 Å². The second kappa shape index (κ2) is 9.80. The van der Waals surface area contributed by atoms with E-state index >= 15 is 0 Å². The van der Waals surface area contributed by atoms with Gasteiger partial charge in [0.1, 0.15) is 11.5 Å². The summed E-state index contributed by atoms with van der Waals surface area (Å²) in [6.45, 7) is 2.82. The van der Waals surface area contributed by atoms with E-state index in [1.54, 1.807) is 29.4 Å². The average molecular weight is 469 g/mol. The first-order valence-electron chi connectivity index (χ1n) is 10.9. The lowest BCUT2D eigenvalue weighted by atomic mass is 9.97. The number of benzene rings is 2. The van der Waals surface area contributed by atoms with Crippen LogP contribution < -0.4 is 9.64 Å². The van der Waals surface area contributed by atoms with Gasteiger partial charge >= 0.3 is 0 Å². The minimum absolute atomic E-state index is 0.107. The fourth-order valence-corrected chi connectivity index (χ4v) is 5.58. The highest BCUT2D eigenvalue weighted by Crippen LogP contribution is 2.28. The Bertz CT molecular complexity index is 1170. The maximum Gasteiger partial charge on any atom is 0.243 e. The summed E-state index contributed by atoms with van der Waals surface area (Å²) in [5.74, 6) is 0.711. The van der Waals surface area contributed by atoms with Crippen LogP contribution in [0.4, 0.5) is 5.69 Å². The Kier molecular flexibility index (Phi) is 6.85. The van der Waals surface area contributed by atoms with Gasteiger partial charge < -0.3 is 14.1 Å². The van der Waals surface area contributed by atoms with Crippen molar-refractivity contribution in [2.24, 2.45) is 5.92 Å². The molecule has 4 rings (SSSR count). The van der Waals surface area contributed by atoms with Crippen molar-refractivity contribution in [1.82, 2.24) is 4.31 Å². The topological polar surface area (TPSA) is 80.1 Å². The van der Waals surface area contributed by atoms with Crippen molar-refractivity contribution >= 4 is 21.6 Å². The summed E-state index contributed by atoms with van der Waals surface area (Å²) in [4.78, 5) is 15.5. The summed E-state index contributed by atoms with van der Waals surface area (Å²) in [6.07, 6.45) is 2.83. The zero-order valence-electron chi connectivity index (χ0n) is 18.8. The number of sulfonamides is 1. The van der Waals surface area contributed by atoms with E-state index in [0.717, 1.165) is 11.3 Å². The number of carbonyl (C=O) groups excluding carboxylic acids is 1. The number of furan rings is 1. The molecule has 0 radical (unpaired) electrons. The zero-order valence-corrected chi connectivity index (χ0v) is 19.6. The van der Waals surface area contributed by atoms with Crippen LogP contribution in [0.2, 0.25) is 0 Å². The molecule has 0 saturated carbocycles. The predicted octanol–water partition coefficient (Wildman–Crippen LogP) is 4.23. The van der Waals surface area contributed by atoms with Crippen molar-refractivity contribution in [3.8, 4) is 5.75 Å².